The summed E-state index contributed by atoms with van der Waals surface area (Å²) in [7, 11) is 4.43. The smallest absolute Gasteiger partial charge is 0.260 e. The molecule has 2 aliphatic heterocycles. The van der Waals surface area contributed by atoms with E-state index in [-0.39, 0.29) is 46.9 Å². The highest BCUT2D eigenvalue weighted by molar-refractivity contribution is 9.10. The number of benzene rings is 3. The summed E-state index contributed by atoms with van der Waals surface area (Å²) in [4.78, 5) is 58.1. The Morgan fingerprint density at radius 1 is 0.938 bits per heavy atom. The molecule has 0 bridgehead atoms. The summed E-state index contributed by atoms with van der Waals surface area (Å²) >= 11 is 16.2. The van der Waals surface area contributed by atoms with Crippen molar-refractivity contribution in [3.63, 3.8) is 0 Å². The minimum Gasteiger partial charge on any atom is -0.504 e. The van der Waals surface area contributed by atoms with Gasteiger partial charge in [0.15, 0.2) is 11.5 Å². The van der Waals surface area contributed by atoms with E-state index < -0.39 is 46.8 Å². The number of hydrazine groups is 1. The molecule has 3 fully saturated rings. The number of carbonyl (C=O) groups is 4. The van der Waals surface area contributed by atoms with Crippen LogP contribution in [0.4, 0.5) is 5.69 Å². The number of methoxy groups -OCH3 is 2. The van der Waals surface area contributed by atoms with Crippen LogP contribution in [-0.4, -0.2) is 59.9 Å². The topological polar surface area (TPSA) is 125 Å². The molecule has 2 heterocycles. The van der Waals surface area contributed by atoms with Crippen molar-refractivity contribution < 1.29 is 33.8 Å². The first-order valence-corrected chi connectivity index (χ1v) is 16.8. The van der Waals surface area contributed by atoms with Crippen LogP contribution in [0.15, 0.2) is 70.7 Å². The van der Waals surface area contributed by atoms with Crippen LogP contribution in [0.1, 0.15) is 29.9 Å². The summed E-state index contributed by atoms with van der Waals surface area (Å²) in [5, 5.41) is 13.3. The number of allylic oxidation sites excluding steroid dienone is 2. The van der Waals surface area contributed by atoms with Crippen LogP contribution in [0.2, 0.25) is 10.0 Å². The number of phenolic OH excluding ortho intramolecular Hbond substituents is 1. The highest BCUT2D eigenvalue weighted by atomic mass is 79.9. The number of anilines is 1. The first-order chi connectivity index (χ1) is 22.9. The van der Waals surface area contributed by atoms with Crippen LogP contribution in [0.3, 0.4) is 0 Å². The number of amides is 4. The van der Waals surface area contributed by atoms with E-state index in [0.717, 1.165) is 9.91 Å². The number of likely N-dealkylation sites (tertiary alicyclic amines) is 1. The zero-order valence-corrected chi connectivity index (χ0v) is 29.1. The van der Waals surface area contributed by atoms with Crippen molar-refractivity contribution in [2.75, 3.05) is 26.7 Å². The second kappa shape index (κ2) is 11.8. The Bertz CT molecular complexity index is 1940. The van der Waals surface area contributed by atoms with Crippen molar-refractivity contribution in [1.29, 1.82) is 0 Å². The summed E-state index contributed by atoms with van der Waals surface area (Å²) in [6.45, 7) is 0. The minimum atomic E-state index is -1.62. The fraction of sp³-hybridized carbons (Fsp3) is 0.314. The number of hydrogen-bond acceptors (Lipinski definition) is 8. The van der Waals surface area contributed by atoms with Crippen LogP contribution in [0.25, 0.3) is 0 Å². The van der Waals surface area contributed by atoms with Gasteiger partial charge in [-0.05, 0) is 66.8 Å². The summed E-state index contributed by atoms with van der Waals surface area (Å²) in [6.07, 6.45) is 2.28. The van der Waals surface area contributed by atoms with Gasteiger partial charge < -0.3 is 14.6 Å². The van der Waals surface area contributed by atoms with E-state index in [2.05, 4.69) is 21.4 Å². The molecule has 0 unspecified atom stereocenters. The summed E-state index contributed by atoms with van der Waals surface area (Å²) < 4.78 is 11.5. The van der Waals surface area contributed by atoms with Crippen LogP contribution in [0, 0.1) is 23.7 Å². The Morgan fingerprint density at radius 3 is 2.33 bits per heavy atom. The van der Waals surface area contributed by atoms with E-state index >= 15 is 4.79 Å². The number of fused-ring (bicyclic) bond motifs is 4. The lowest BCUT2D eigenvalue weighted by molar-refractivity contribution is -0.140. The maximum atomic E-state index is 15.3. The third-order valence-electron chi connectivity index (χ3n) is 10.4. The van der Waals surface area contributed by atoms with E-state index in [1.54, 1.807) is 48.5 Å². The molecule has 13 heteroatoms. The van der Waals surface area contributed by atoms with Gasteiger partial charge in [-0.2, -0.15) is 5.01 Å². The van der Waals surface area contributed by atoms with Gasteiger partial charge in [0.25, 0.3) is 11.8 Å². The first kappa shape index (κ1) is 32.5. The lowest BCUT2D eigenvalue weighted by atomic mass is 9.49. The number of nitrogens with zero attached hydrogens (tertiary/aromatic N) is 2. The number of nitrogens with one attached hydrogen (secondary N) is 1. The molecule has 48 heavy (non-hydrogen) atoms. The Hall–Kier alpha value is -4.06. The molecule has 1 saturated carbocycles. The van der Waals surface area contributed by atoms with Gasteiger partial charge >= 0.3 is 0 Å². The molecule has 2 N–H and O–H groups in total. The Balaban J connectivity index is 1.51. The van der Waals surface area contributed by atoms with Gasteiger partial charge in [0.05, 0.1) is 48.1 Å². The van der Waals surface area contributed by atoms with E-state index in [0.29, 0.717) is 31.9 Å². The molecule has 0 spiro atoms. The maximum absolute atomic E-state index is 15.3. The van der Waals surface area contributed by atoms with E-state index in [4.69, 9.17) is 32.7 Å². The molecule has 0 radical (unpaired) electrons. The zero-order chi connectivity index (χ0) is 34.2. The van der Waals surface area contributed by atoms with Crippen molar-refractivity contribution >= 4 is 68.4 Å². The number of rotatable bonds is 6. The molecular weight excluding hydrogens is 725 g/mol. The van der Waals surface area contributed by atoms with Crippen molar-refractivity contribution in [1.82, 2.24) is 9.91 Å². The number of ether oxygens (including phenoxy) is 2. The average Bonchev–Trinajstić information content (AvgIpc) is 3.43. The second-order valence-electron chi connectivity index (χ2n) is 12.5. The monoisotopic (exact) mass is 753 g/mol. The number of hydrogen-bond donors (Lipinski definition) is 2. The number of halogens is 3. The van der Waals surface area contributed by atoms with Gasteiger partial charge in [0.2, 0.25) is 11.8 Å². The first-order valence-electron chi connectivity index (χ1n) is 15.3. The predicted octanol–water partition coefficient (Wildman–Crippen LogP) is 6.09. The zero-order valence-electron chi connectivity index (χ0n) is 26.0. The fourth-order valence-corrected chi connectivity index (χ4v) is 9.22. The lowest BCUT2D eigenvalue weighted by Gasteiger charge is -2.50. The van der Waals surface area contributed by atoms with E-state index in [9.17, 15) is 19.5 Å². The highest BCUT2D eigenvalue weighted by Gasteiger charge is 2.70. The lowest BCUT2D eigenvalue weighted by Crippen LogP contribution is -2.53. The van der Waals surface area contributed by atoms with Crippen LogP contribution >= 0.6 is 39.1 Å². The largest absolute Gasteiger partial charge is 0.504 e. The van der Waals surface area contributed by atoms with Gasteiger partial charge in [0, 0.05) is 28.0 Å². The van der Waals surface area contributed by atoms with E-state index in [1.165, 1.54) is 27.3 Å². The normalized spacial score (nSPS) is 27.8. The number of aromatic hydroxyl groups is 1. The molecule has 3 aromatic carbocycles. The molecular formula is C35H30BrCl2N3O7. The molecule has 248 valence electrons. The molecule has 7 rings (SSSR count). The molecule has 2 saturated heterocycles. The van der Waals surface area contributed by atoms with Gasteiger partial charge in [-0.25, -0.2) is 0 Å². The van der Waals surface area contributed by atoms with Crippen molar-refractivity contribution in [2.24, 2.45) is 23.7 Å². The summed E-state index contributed by atoms with van der Waals surface area (Å²) in [5.41, 5.74) is 3.15. The fourth-order valence-electron chi connectivity index (χ4n) is 8.32. The third-order valence-corrected chi connectivity index (χ3v) is 11.4. The molecule has 0 aromatic heterocycles. The van der Waals surface area contributed by atoms with Gasteiger partial charge in [-0.15, -0.1) is 0 Å². The van der Waals surface area contributed by atoms with Crippen molar-refractivity contribution in [3.05, 3.63) is 91.9 Å². The summed E-state index contributed by atoms with van der Waals surface area (Å²) in [5.74, 6) is -5.12. The molecule has 10 nitrogen and oxygen atoms in total. The second-order valence-corrected chi connectivity index (χ2v) is 14.3. The van der Waals surface area contributed by atoms with Crippen molar-refractivity contribution in [3.8, 4) is 17.2 Å². The van der Waals surface area contributed by atoms with Crippen LogP contribution in [-0.2, 0) is 24.6 Å². The van der Waals surface area contributed by atoms with Crippen molar-refractivity contribution in [2.45, 2.75) is 24.2 Å². The minimum absolute atomic E-state index is 0.103. The molecule has 2 aliphatic carbocycles. The molecule has 4 amide bonds. The molecule has 6 atom stereocenters. The summed E-state index contributed by atoms with van der Waals surface area (Å²) in [6, 6.07) is 14.9. The highest BCUT2D eigenvalue weighted by Crippen LogP contribution is 2.65. The number of carbonyl (C=O) groups excluding carboxylic acids is 4. The Morgan fingerprint density at radius 2 is 1.67 bits per heavy atom. The maximum Gasteiger partial charge on any atom is 0.260 e. The number of phenols is 1. The third kappa shape index (κ3) is 4.58. The van der Waals surface area contributed by atoms with Crippen LogP contribution in [0.5, 0.6) is 17.2 Å². The van der Waals surface area contributed by atoms with Gasteiger partial charge in [0.1, 0.15) is 5.75 Å². The standard InChI is InChI=1S/C35H30BrCl2N3O7/c1-40-31(43)21-10-9-20-22(28(21)33(40)45)15-24-32(44)41(39-26-11-6-18(37)14-25(26)38)34(46)35(24,16-4-7-19(47-2)8-5-16)29(20)23-12-17(36)13-27(48-3)30(23)42/h4-9,11-14,21-22,24,28-29,39,42H,10,15H2,1-3H3/t21-,22+,24-,28-,29+,35+/m0/s1. The Labute approximate surface area is 294 Å². The molecule has 4 aliphatic rings. The van der Waals surface area contributed by atoms with Crippen LogP contribution < -0.4 is 14.9 Å². The average molecular weight is 755 g/mol. The molecule has 3 aromatic rings. The van der Waals surface area contributed by atoms with Gasteiger partial charge in [-0.3, -0.25) is 29.5 Å². The SMILES string of the molecule is COc1ccc([C@@]23C(=O)N(Nc4ccc(Cl)cc4Cl)C(=O)[C@@H]2C[C@@H]2C(=CC[C@@H]4C(=O)N(C)C(=O)[C@@H]42)[C@@H]3c2cc(Br)cc(OC)c2O)cc1. The number of imide groups is 2. The van der Waals surface area contributed by atoms with E-state index in [1.807, 2.05) is 6.08 Å². The quantitative estimate of drug-likeness (QED) is 0.229. The predicted molar refractivity (Wildman–Crippen MR) is 181 cm³/mol. The van der Waals surface area contributed by atoms with Gasteiger partial charge in [-0.1, -0.05) is 62.9 Å². The Kier molecular flexibility index (Phi) is 8.00.